The monoisotopic (exact) mass is 439 g/mol. The number of thioether (sulfide) groups is 1. The molecule has 0 atom stereocenters. The van der Waals surface area contributed by atoms with Crippen molar-refractivity contribution in [2.45, 2.75) is 70.3 Å². The number of hydrogen-bond donors (Lipinski definition) is 0. The topological polar surface area (TPSA) is 59.8 Å². The highest BCUT2D eigenvalue weighted by Crippen LogP contribution is 2.40. The predicted octanol–water partition coefficient (Wildman–Crippen LogP) is 5.80. The van der Waals surface area contributed by atoms with E-state index in [-0.39, 0.29) is 24.0 Å². The van der Waals surface area contributed by atoms with E-state index in [1.54, 1.807) is 6.26 Å². The maximum absolute atomic E-state index is 13.5. The molecule has 1 aromatic carbocycles. The molecule has 6 heteroatoms. The summed E-state index contributed by atoms with van der Waals surface area (Å²) >= 11 is 1.39. The molecule has 0 saturated heterocycles. The maximum Gasteiger partial charge on any atom is 0.268 e. The quantitative estimate of drug-likeness (QED) is 0.403. The lowest BCUT2D eigenvalue weighted by atomic mass is 10.0. The largest absolute Gasteiger partial charge is 0.491 e. The van der Waals surface area contributed by atoms with Crippen LogP contribution in [-0.2, 0) is 15.3 Å². The molecule has 0 spiro atoms. The standard InChI is InChI=1S/C25H29NO4S/c1-17(2)30-20-13-11-18(12-14-20)22-23(31-16-21-10-7-15-29-21)25(28)26(24(22)27)19-8-5-3-4-6-9-19/h7,10-15,17,19H,3-6,8-9,16H2,1-2H3. The molecule has 4 rings (SSSR count). The number of amides is 2. The van der Waals surface area contributed by atoms with Crippen LogP contribution >= 0.6 is 11.8 Å². The number of benzene rings is 1. The second-order valence-corrected chi connectivity index (χ2v) is 9.37. The Kier molecular flexibility index (Phi) is 6.86. The van der Waals surface area contributed by atoms with Crippen LogP contribution in [0.5, 0.6) is 5.75 Å². The van der Waals surface area contributed by atoms with E-state index in [9.17, 15) is 9.59 Å². The van der Waals surface area contributed by atoms with E-state index in [0.717, 1.165) is 42.8 Å². The fourth-order valence-corrected chi connectivity index (χ4v) is 5.29. The van der Waals surface area contributed by atoms with Gasteiger partial charge in [-0.15, -0.1) is 11.8 Å². The highest BCUT2D eigenvalue weighted by Gasteiger charge is 2.42. The third kappa shape index (κ3) is 4.90. The van der Waals surface area contributed by atoms with Crippen molar-refractivity contribution in [1.29, 1.82) is 0 Å². The number of imide groups is 1. The summed E-state index contributed by atoms with van der Waals surface area (Å²) in [6, 6.07) is 11.2. The lowest BCUT2D eigenvalue weighted by molar-refractivity contribution is -0.139. The number of rotatable bonds is 7. The number of carbonyl (C=O) groups is 2. The van der Waals surface area contributed by atoms with E-state index < -0.39 is 0 Å². The Morgan fingerprint density at radius 1 is 1.03 bits per heavy atom. The SMILES string of the molecule is CC(C)Oc1ccc(C2=C(SCc3ccco3)C(=O)N(C3CCCCCC3)C2=O)cc1. The molecule has 2 aliphatic rings. The smallest absolute Gasteiger partial charge is 0.268 e. The van der Waals surface area contributed by atoms with Gasteiger partial charge in [-0.05, 0) is 56.5 Å². The fourth-order valence-electron chi connectivity index (χ4n) is 4.27. The lowest BCUT2D eigenvalue weighted by Crippen LogP contribution is -2.40. The van der Waals surface area contributed by atoms with E-state index >= 15 is 0 Å². The number of carbonyl (C=O) groups excluding carboxylic acids is 2. The Bertz CT molecular complexity index is 938. The summed E-state index contributed by atoms with van der Waals surface area (Å²) in [6.07, 6.45) is 7.95. The zero-order valence-corrected chi connectivity index (χ0v) is 19.0. The van der Waals surface area contributed by atoms with Crippen LogP contribution in [0, 0.1) is 0 Å². The lowest BCUT2D eigenvalue weighted by Gasteiger charge is -2.25. The van der Waals surface area contributed by atoms with Gasteiger partial charge in [-0.25, -0.2) is 0 Å². The van der Waals surface area contributed by atoms with Crippen molar-refractivity contribution in [3.05, 3.63) is 58.9 Å². The molecule has 0 bridgehead atoms. The Morgan fingerprint density at radius 3 is 2.35 bits per heavy atom. The van der Waals surface area contributed by atoms with Gasteiger partial charge >= 0.3 is 0 Å². The van der Waals surface area contributed by atoms with Gasteiger partial charge in [0.1, 0.15) is 11.5 Å². The Morgan fingerprint density at radius 2 is 1.74 bits per heavy atom. The molecule has 164 valence electrons. The van der Waals surface area contributed by atoms with Gasteiger partial charge < -0.3 is 9.15 Å². The van der Waals surface area contributed by atoms with Crippen LogP contribution < -0.4 is 4.74 Å². The minimum Gasteiger partial charge on any atom is -0.491 e. The maximum atomic E-state index is 13.5. The van der Waals surface area contributed by atoms with Crippen LogP contribution in [0.3, 0.4) is 0 Å². The van der Waals surface area contributed by atoms with Crippen LogP contribution in [-0.4, -0.2) is 28.9 Å². The first-order valence-corrected chi connectivity index (χ1v) is 12.1. The summed E-state index contributed by atoms with van der Waals surface area (Å²) in [6.45, 7) is 3.95. The molecular formula is C25H29NO4S. The predicted molar refractivity (Wildman–Crippen MR) is 122 cm³/mol. The second-order valence-electron chi connectivity index (χ2n) is 8.39. The van der Waals surface area contributed by atoms with Crippen molar-refractivity contribution in [2.75, 3.05) is 0 Å². The molecule has 0 radical (unpaired) electrons. The van der Waals surface area contributed by atoms with Crippen molar-refractivity contribution < 1.29 is 18.7 Å². The number of nitrogens with zero attached hydrogens (tertiary/aromatic N) is 1. The van der Waals surface area contributed by atoms with Crippen molar-refractivity contribution in [1.82, 2.24) is 4.90 Å². The van der Waals surface area contributed by atoms with Gasteiger partial charge in [0.05, 0.1) is 28.6 Å². The molecule has 1 aliphatic heterocycles. The summed E-state index contributed by atoms with van der Waals surface area (Å²) in [5.74, 6) is 1.72. The molecule has 1 saturated carbocycles. The Labute approximate surface area is 187 Å². The third-order valence-corrected chi connectivity index (χ3v) is 6.81. The van der Waals surface area contributed by atoms with Crippen molar-refractivity contribution in [3.8, 4) is 5.75 Å². The average Bonchev–Trinajstić information content (AvgIpc) is 3.24. The summed E-state index contributed by atoms with van der Waals surface area (Å²) in [7, 11) is 0. The molecule has 5 nitrogen and oxygen atoms in total. The van der Waals surface area contributed by atoms with E-state index in [2.05, 4.69) is 0 Å². The molecule has 1 aromatic heterocycles. The first kappa shape index (κ1) is 21.8. The molecule has 2 heterocycles. The molecule has 1 fully saturated rings. The first-order valence-electron chi connectivity index (χ1n) is 11.1. The third-order valence-electron chi connectivity index (χ3n) is 5.72. The zero-order chi connectivity index (χ0) is 21.8. The summed E-state index contributed by atoms with van der Waals surface area (Å²) in [5.41, 5.74) is 1.26. The van der Waals surface area contributed by atoms with Crippen LogP contribution in [0.4, 0.5) is 0 Å². The van der Waals surface area contributed by atoms with Gasteiger partial charge in [-0.3, -0.25) is 14.5 Å². The van der Waals surface area contributed by atoms with Crippen LogP contribution in [0.1, 0.15) is 63.7 Å². The molecule has 2 aromatic rings. The van der Waals surface area contributed by atoms with Crippen molar-refractivity contribution >= 4 is 29.1 Å². The van der Waals surface area contributed by atoms with Gasteiger partial charge in [-0.1, -0.05) is 37.8 Å². The average molecular weight is 440 g/mol. The Hall–Kier alpha value is -2.47. The van der Waals surface area contributed by atoms with Crippen molar-refractivity contribution in [2.24, 2.45) is 0 Å². The van der Waals surface area contributed by atoms with Crippen molar-refractivity contribution in [3.63, 3.8) is 0 Å². The minimum absolute atomic E-state index is 0.0113. The van der Waals surface area contributed by atoms with E-state index in [0.29, 0.717) is 16.2 Å². The molecule has 1 aliphatic carbocycles. The van der Waals surface area contributed by atoms with Gasteiger partial charge in [-0.2, -0.15) is 0 Å². The highest BCUT2D eigenvalue weighted by molar-refractivity contribution is 8.03. The first-order chi connectivity index (χ1) is 15.0. The van der Waals surface area contributed by atoms with Crippen LogP contribution in [0.15, 0.2) is 52.0 Å². The highest BCUT2D eigenvalue weighted by atomic mass is 32.2. The number of furan rings is 1. The summed E-state index contributed by atoms with van der Waals surface area (Å²) in [4.78, 5) is 29.0. The molecule has 0 N–H and O–H groups in total. The van der Waals surface area contributed by atoms with Crippen LogP contribution in [0.2, 0.25) is 0 Å². The normalized spacial score (nSPS) is 18.2. The molecule has 0 unspecified atom stereocenters. The minimum atomic E-state index is -0.170. The zero-order valence-electron chi connectivity index (χ0n) is 18.1. The summed E-state index contributed by atoms with van der Waals surface area (Å²) < 4.78 is 11.2. The van der Waals surface area contributed by atoms with Gasteiger partial charge in [0.25, 0.3) is 11.8 Å². The van der Waals surface area contributed by atoms with E-state index in [1.165, 1.54) is 29.5 Å². The fraction of sp³-hybridized carbons (Fsp3) is 0.440. The number of ether oxygens (including phenoxy) is 1. The van der Waals surface area contributed by atoms with Gasteiger partial charge in [0.15, 0.2) is 0 Å². The number of hydrogen-bond acceptors (Lipinski definition) is 5. The molecule has 2 amide bonds. The summed E-state index contributed by atoms with van der Waals surface area (Å²) in [5, 5.41) is 0. The Balaban J connectivity index is 1.65. The molecule has 31 heavy (non-hydrogen) atoms. The molecular weight excluding hydrogens is 410 g/mol. The van der Waals surface area contributed by atoms with Crippen LogP contribution in [0.25, 0.3) is 5.57 Å². The second kappa shape index (κ2) is 9.77. The van der Waals surface area contributed by atoms with Gasteiger partial charge in [0, 0.05) is 6.04 Å². The van der Waals surface area contributed by atoms with E-state index in [4.69, 9.17) is 9.15 Å². The van der Waals surface area contributed by atoms with Gasteiger partial charge in [0.2, 0.25) is 0 Å². The van der Waals surface area contributed by atoms with E-state index in [1.807, 2.05) is 50.2 Å².